The van der Waals surface area contributed by atoms with Gasteiger partial charge in [0.15, 0.2) is 0 Å². The molecule has 0 bridgehead atoms. The predicted octanol–water partition coefficient (Wildman–Crippen LogP) is 4.56. The number of benzene rings is 1. The lowest BCUT2D eigenvalue weighted by molar-refractivity contribution is -0.151. The first-order chi connectivity index (χ1) is 9.58. The highest BCUT2D eigenvalue weighted by Crippen LogP contribution is 2.32. The van der Waals surface area contributed by atoms with E-state index in [9.17, 15) is 9.90 Å². The number of halogens is 2. The molecule has 0 radical (unpaired) electrons. The molecule has 0 spiro atoms. The third kappa shape index (κ3) is 4.78. The molecule has 0 aliphatic heterocycles. The topological polar surface area (TPSA) is 49.3 Å². The number of carboxylic acid groups (broad SMARTS) is 1. The highest BCUT2D eigenvalue weighted by atomic mass is 35.5. The van der Waals surface area contributed by atoms with Crippen LogP contribution < -0.4 is 5.32 Å². The Morgan fingerprint density at radius 1 is 1.29 bits per heavy atom. The average molecular weight is 350 g/mol. The van der Waals surface area contributed by atoms with Gasteiger partial charge in [-0.1, -0.05) is 23.2 Å². The molecule has 1 aromatic rings. The van der Waals surface area contributed by atoms with Crippen LogP contribution in [-0.4, -0.2) is 28.9 Å². The van der Waals surface area contributed by atoms with Crippen LogP contribution >= 0.6 is 35.0 Å². The van der Waals surface area contributed by atoms with Gasteiger partial charge >= 0.3 is 5.97 Å². The lowest BCUT2D eigenvalue weighted by atomic mass is 9.74. The van der Waals surface area contributed by atoms with E-state index in [0.29, 0.717) is 16.6 Å². The van der Waals surface area contributed by atoms with Crippen molar-refractivity contribution >= 4 is 40.9 Å². The Morgan fingerprint density at radius 2 is 1.90 bits per heavy atom. The van der Waals surface area contributed by atoms with Gasteiger partial charge in [0, 0.05) is 27.8 Å². The van der Waals surface area contributed by atoms with Gasteiger partial charge in [0.05, 0.1) is 10.4 Å². The number of hydrogen-bond donors (Lipinski definition) is 2. The van der Waals surface area contributed by atoms with Gasteiger partial charge in [0.1, 0.15) is 0 Å². The van der Waals surface area contributed by atoms with Gasteiger partial charge in [-0.3, -0.25) is 4.79 Å². The third-order valence-electron chi connectivity index (χ3n) is 3.92. The van der Waals surface area contributed by atoms with Crippen LogP contribution in [0.25, 0.3) is 0 Å². The van der Waals surface area contributed by atoms with Crippen molar-refractivity contribution in [2.75, 3.05) is 12.3 Å². The molecular weight excluding hydrogens is 329 g/mol. The van der Waals surface area contributed by atoms with Crippen molar-refractivity contribution < 1.29 is 9.90 Å². The molecule has 21 heavy (non-hydrogen) atoms. The molecule has 0 heterocycles. The van der Waals surface area contributed by atoms with Gasteiger partial charge < -0.3 is 10.4 Å². The summed E-state index contributed by atoms with van der Waals surface area (Å²) in [5.74, 6) is -0.0373. The highest BCUT2D eigenvalue weighted by Gasteiger charge is 2.42. The number of carboxylic acids is 1. The predicted molar refractivity (Wildman–Crippen MR) is 90.7 cm³/mol. The van der Waals surface area contributed by atoms with Crippen LogP contribution in [0.2, 0.25) is 10.0 Å². The minimum absolute atomic E-state index is 0.516. The third-order valence-corrected chi connectivity index (χ3v) is 5.65. The molecule has 3 nitrogen and oxygen atoms in total. The van der Waals surface area contributed by atoms with E-state index in [1.54, 1.807) is 37.7 Å². The standard InChI is InChI=1S/C15H21Cl2NO2S/c1-14(2,13(19)20)15(3,4)18-7-8-21-12-9-10(16)5-6-11(12)17/h5-6,9,18H,7-8H2,1-4H3,(H,19,20). The zero-order chi connectivity index (χ0) is 16.3. The Hall–Kier alpha value is -0.420. The Morgan fingerprint density at radius 3 is 2.48 bits per heavy atom. The molecule has 0 aromatic heterocycles. The summed E-state index contributed by atoms with van der Waals surface area (Å²) in [6, 6.07) is 5.36. The van der Waals surface area contributed by atoms with E-state index in [0.717, 1.165) is 10.6 Å². The summed E-state index contributed by atoms with van der Waals surface area (Å²) in [6.07, 6.45) is 0. The Kier molecular flexibility index (Phi) is 6.41. The average Bonchev–Trinajstić information content (AvgIpc) is 2.38. The summed E-state index contributed by atoms with van der Waals surface area (Å²) in [4.78, 5) is 12.3. The van der Waals surface area contributed by atoms with Crippen molar-refractivity contribution in [2.24, 2.45) is 5.41 Å². The molecule has 0 saturated heterocycles. The van der Waals surface area contributed by atoms with E-state index >= 15 is 0 Å². The van der Waals surface area contributed by atoms with Crippen molar-refractivity contribution in [3.63, 3.8) is 0 Å². The number of nitrogens with one attached hydrogen (secondary N) is 1. The van der Waals surface area contributed by atoms with Crippen LogP contribution in [0.15, 0.2) is 23.1 Å². The van der Waals surface area contributed by atoms with Gasteiger partial charge in [-0.15, -0.1) is 11.8 Å². The van der Waals surface area contributed by atoms with E-state index in [2.05, 4.69) is 5.32 Å². The fourth-order valence-electron chi connectivity index (χ4n) is 1.60. The van der Waals surface area contributed by atoms with Crippen molar-refractivity contribution in [1.82, 2.24) is 5.32 Å². The van der Waals surface area contributed by atoms with Crippen molar-refractivity contribution in [3.05, 3.63) is 28.2 Å². The molecule has 0 aliphatic carbocycles. The number of hydrogen-bond acceptors (Lipinski definition) is 3. The number of thioether (sulfide) groups is 1. The van der Waals surface area contributed by atoms with E-state index in [-0.39, 0.29) is 0 Å². The molecule has 1 aromatic carbocycles. The monoisotopic (exact) mass is 349 g/mol. The molecule has 0 fully saturated rings. The minimum Gasteiger partial charge on any atom is -0.481 e. The van der Waals surface area contributed by atoms with Gasteiger partial charge in [0.2, 0.25) is 0 Å². The first kappa shape index (κ1) is 18.6. The number of rotatable bonds is 7. The Balaban J connectivity index is 2.54. The molecule has 118 valence electrons. The molecule has 0 unspecified atom stereocenters. The molecule has 0 amide bonds. The Bertz CT molecular complexity index is 518. The maximum Gasteiger partial charge on any atom is 0.310 e. The van der Waals surface area contributed by atoms with Crippen molar-refractivity contribution in [3.8, 4) is 0 Å². The second-order valence-corrected chi connectivity index (χ2v) is 7.89. The maximum atomic E-state index is 11.3. The number of carbonyl (C=O) groups is 1. The van der Waals surface area contributed by atoms with Crippen LogP contribution in [0.3, 0.4) is 0 Å². The highest BCUT2D eigenvalue weighted by molar-refractivity contribution is 7.99. The second-order valence-electron chi connectivity index (χ2n) is 5.91. The van der Waals surface area contributed by atoms with E-state index < -0.39 is 16.9 Å². The van der Waals surface area contributed by atoms with Crippen molar-refractivity contribution in [1.29, 1.82) is 0 Å². The van der Waals surface area contributed by atoms with E-state index in [4.69, 9.17) is 23.2 Å². The van der Waals surface area contributed by atoms with E-state index in [1.807, 2.05) is 19.9 Å². The number of aliphatic carboxylic acids is 1. The summed E-state index contributed by atoms with van der Waals surface area (Å²) in [5.41, 5.74) is -1.37. The summed E-state index contributed by atoms with van der Waals surface area (Å²) < 4.78 is 0. The molecular formula is C15H21Cl2NO2S. The first-order valence-electron chi connectivity index (χ1n) is 6.64. The van der Waals surface area contributed by atoms with Crippen LogP contribution in [0.1, 0.15) is 27.7 Å². The quantitative estimate of drug-likeness (QED) is 0.559. The van der Waals surface area contributed by atoms with Crippen LogP contribution in [0.4, 0.5) is 0 Å². The van der Waals surface area contributed by atoms with Crippen molar-refractivity contribution in [2.45, 2.75) is 38.1 Å². The summed E-state index contributed by atoms with van der Waals surface area (Å²) in [7, 11) is 0. The van der Waals surface area contributed by atoms with Crippen LogP contribution in [0.5, 0.6) is 0 Å². The SMILES string of the molecule is CC(C)(NCCSc1cc(Cl)ccc1Cl)C(C)(C)C(=O)O. The van der Waals surface area contributed by atoms with Gasteiger partial charge in [-0.2, -0.15) is 0 Å². The maximum absolute atomic E-state index is 11.3. The lowest BCUT2D eigenvalue weighted by Gasteiger charge is -2.39. The zero-order valence-corrected chi connectivity index (χ0v) is 15.0. The van der Waals surface area contributed by atoms with Crippen LogP contribution in [0, 0.1) is 5.41 Å². The molecule has 6 heteroatoms. The fraction of sp³-hybridized carbons (Fsp3) is 0.533. The first-order valence-corrected chi connectivity index (χ1v) is 8.38. The minimum atomic E-state index is -0.856. The smallest absolute Gasteiger partial charge is 0.310 e. The zero-order valence-electron chi connectivity index (χ0n) is 12.7. The molecule has 0 aliphatic rings. The van der Waals surface area contributed by atoms with E-state index in [1.165, 1.54) is 0 Å². The fourth-order valence-corrected chi connectivity index (χ4v) is 2.96. The summed E-state index contributed by atoms with van der Waals surface area (Å²) in [6.45, 7) is 7.93. The Labute approximate surface area is 140 Å². The normalized spacial score (nSPS) is 12.5. The van der Waals surface area contributed by atoms with Gasteiger partial charge in [-0.25, -0.2) is 0 Å². The molecule has 0 saturated carbocycles. The molecule has 2 N–H and O–H groups in total. The second kappa shape index (κ2) is 7.23. The van der Waals surface area contributed by atoms with Gasteiger partial charge in [-0.05, 0) is 45.9 Å². The lowest BCUT2D eigenvalue weighted by Crippen LogP contribution is -2.55. The largest absolute Gasteiger partial charge is 0.481 e. The van der Waals surface area contributed by atoms with Crippen LogP contribution in [-0.2, 0) is 4.79 Å². The summed E-state index contributed by atoms with van der Waals surface area (Å²) >= 11 is 13.6. The molecule has 1 rings (SSSR count). The molecule has 0 atom stereocenters. The van der Waals surface area contributed by atoms with Gasteiger partial charge in [0.25, 0.3) is 0 Å². The summed E-state index contributed by atoms with van der Waals surface area (Å²) in [5, 5.41) is 13.9.